The molecule has 2 heteroatoms. The summed E-state index contributed by atoms with van der Waals surface area (Å²) < 4.78 is 0. The Bertz CT molecular complexity index is 380. The summed E-state index contributed by atoms with van der Waals surface area (Å²) in [5.41, 5.74) is 3.17. The molecule has 0 aromatic carbocycles. The van der Waals surface area contributed by atoms with Crippen molar-refractivity contribution in [1.29, 1.82) is 0 Å². The summed E-state index contributed by atoms with van der Waals surface area (Å²) in [7, 11) is 0. The summed E-state index contributed by atoms with van der Waals surface area (Å²) in [6.07, 6.45) is 5.14. The van der Waals surface area contributed by atoms with Gasteiger partial charge >= 0.3 is 0 Å². The fourth-order valence-corrected chi connectivity index (χ4v) is 3.38. The van der Waals surface area contributed by atoms with Crippen LogP contribution in [0.25, 0.3) is 0 Å². The maximum absolute atomic E-state index is 11.2. The number of fused-ring (bicyclic) bond motifs is 1. The molecule has 0 aromatic heterocycles. The molecule has 2 nitrogen and oxygen atoms in total. The molecule has 0 aromatic rings. The number of carbonyl (C=O) groups excluding carboxylic acids is 1. The van der Waals surface area contributed by atoms with Crippen molar-refractivity contribution in [3.05, 3.63) is 23.3 Å². The van der Waals surface area contributed by atoms with Crippen LogP contribution in [0, 0.1) is 11.3 Å². The molecule has 0 heterocycles. The summed E-state index contributed by atoms with van der Waals surface area (Å²) in [5.74, 6) is 0.485. The topological polar surface area (TPSA) is 37.3 Å². The fraction of sp³-hybridized carbons (Fsp3) is 0.667. The molecule has 3 atom stereocenters. The lowest BCUT2D eigenvalue weighted by Crippen LogP contribution is -2.42. The van der Waals surface area contributed by atoms with E-state index in [-0.39, 0.29) is 11.5 Å². The van der Waals surface area contributed by atoms with Crippen LogP contribution in [0.2, 0.25) is 0 Å². The van der Waals surface area contributed by atoms with E-state index in [1.165, 1.54) is 11.1 Å². The number of rotatable bonds is 2. The van der Waals surface area contributed by atoms with Gasteiger partial charge in [-0.1, -0.05) is 24.6 Å². The summed E-state index contributed by atoms with van der Waals surface area (Å²) >= 11 is 0. The minimum atomic E-state index is -0.285. The highest BCUT2D eigenvalue weighted by molar-refractivity contribution is 5.75. The molecule has 17 heavy (non-hydrogen) atoms. The number of aldehydes is 1. The number of hydrogen-bond donors (Lipinski definition) is 1. The molecule has 0 spiro atoms. The Kier molecular flexibility index (Phi) is 3.26. The molecule has 1 fully saturated rings. The average molecular weight is 234 g/mol. The zero-order valence-corrected chi connectivity index (χ0v) is 10.8. The fourth-order valence-electron chi connectivity index (χ4n) is 3.38. The monoisotopic (exact) mass is 234 g/mol. The minimum Gasteiger partial charge on any atom is -0.392 e. The lowest BCUT2D eigenvalue weighted by atomic mass is 9.59. The first kappa shape index (κ1) is 12.6. The van der Waals surface area contributed by atoms with Crippen LogP contribution in [-0.4, -0.2) is 17.5 Å². The number of allylic oxidation sites excluding steroid dienone is 2. The van der Waals surface area contributed by atoms with Crippen molar-refractivity contribution < 1.29 is 9.90 Å². The van der Waals surface area contributed by atoms with Gasteiger partial charge in [0, 0.05) is 5.41 Å². The normalized spacial score (nSPS) is 37.6. The Morgan fingerprint density at radius 3 is 2.82 bits per heavy atom. The average Bonchev–Trinajstić information content (AvgIpc) is 2.30. The molecule has 0 amide bonds. The molecular weight excluding hydrogens is 212 g/mol. The lowest BCUT2D eigenvalue weighted by molar-refractivity contribution is -0.105. The van der Waals surface area contributed by atoms with E-state index in [1.54, 1.807) is 0 Å². The summed E-state index contributed by atoms with van der Waals surface area (Å²) in [4.78, 5) is 11.2. The van der Waals surface area contributed by atoms with Crippen LogP contribution in [-0.2, 0) is 4.79 Å². The van der Waals surface area contributed by atoms with Gasteiger partial charge in [-0.15, -0.1) is 0 Å². The van der Waals surface area contributed by atoms with Gasteiger partial charge in [0.2, 0.25) is 0 Å². The van der Waals surface area contributed by atoms with Crippen LogP contribution in [0.4, 0.5) is 0 Å². The summed E-state index contributed by atoms with van der Waals surface area (Å²) in [6, 6.07) is 0. The van der Waals surface area contributed by atoms with Gasteiger partial charge in [0.05, 0.1) is 6.10 Å². The van der Waals surface area contributed by atoms with Gasteiger partial charge in [-0.2, -0.15) is 0 Å². The van der Waals surface area contributed by atoms with Crippen LogP contribution in [0.5, 0.6) is 0 Å². The van der Waals surface area contributed by atoms with Gasteiger partial charge in [-0.3, -0.25) is 4.79 Å². The Hall–Kier alpha value is -0.890. The van der Waals surface area contributed by atoms with Crippen molar-refractivity contribution in [3.63, 3.8) is 0 Å². The van der Waals surface area contributed by atoms with Gasteiger partial charge in [0.15, 0.2) is 0 Å². The van der Waals surface area contributed by atoms with Gasteiger partial charge < -0.3 is 5.11 Å². The third-order valence-electron chi connectivity index (χ3n) is 4.80. The van der Waals surface area contributed by atoms with Crippen LogP contribution >= 0.6 is 0 Å². The number of carbonyl (C=O) groups is 1. The number of aliphatic hydroxyl groups is 1. The molecule has 2 rings (SSSR count). The molecular formula is C15H22O2. The molecule has 0 radical (unpaired) electrons. The van der Waals surface area contributed by atoms with E-state index in [1.807, 2.05) is 0 Å². The maximum atomic E-state index is 11.2. The van der Waals surface area contributed by atoms with Crippen LogP contribution in [0.15, 0.2) is 23.3 Å². The molecule has 2 aliphatic rings. The minimum absolute atomic E-state index is 0.166. The number of aliphatic hydroxyl groups excluding tert-OH is 1. The molecule has 0 saturated heterocycles. The molecule has 0 aliphatic heterocycles. The third kappa shape index (κ3) is 1.99. The van der Waals surface area contributed by atoms with E-state index < -0.39 is 0 Å². The first-order chi connectivity index (χ1) is 7.99. The van der Waals surface area contributed by atoms with Crippen LogP contribution in [0.3, 0.4) is 0 Å². The van der Waals surface area contributed by atoms with E-state index in [9.17, 15) is 9.90 Å². The summed E-state index contributed by atoms with van der Waals surface area (Å²) in [6.45, 7) is 8.21. The second-order valence-corrected chi connectivity index (χ2v) is 5.88. The van der Waals surface area contributed by atoms with Crippen molar-refractivity contribution in [2.24, 2.45) is 11.3 Å². The third-order valence-corrected chi connectivity index (χ3v) is 4.80. The van der Waals surface area contributed by atoms with Crippen molar-refractivity contribution >= 4 is 6.29 Å². The van der Waals surface area contributed by atoms with E-state index in [0.29, 0.717) is 5.92 Å². The highest BCUT2D eigenvalue weighted by Crippen LogP contribution is 2.51. The molecule has 0 unspecified atom stereocenters. The quantitative estimate of drug-likeness (QED) is 0.589. The van der Waals surface area contributed by atoms with Crippen LogP contribution < -0.4 is 0 Å². The van der Waals surface area contributed by atoms with E-state index in [2.05, 4.69) is 20.4 Å². The largest absolute Gasteiger partial charge is 0.392 e. The summed E-state index contributed by atoms with van der Waals surface area (Å²) in [5, 5.41) is 10.2. The molecule has 1 N–H and O–H groups in total. The zero-order chi connectivity index (χ0) is 12.6. The molecule has 94 valence electrons. The van der Waals surface area contributed by atoms with Gasteiger partial charge in [0.25, 0.3) is 0 Å². The first-order valence-electron chi connectivity index (χ1n) is 6.50. The van der Waals surface area contributed by atoms with Crippen molar-refractivity contribution in [2.45, 2.75) is 52.1 Å². The molecule has 0 bridgehead atoms. The number of hydrogen-bond acceptors (Lipinski definition) is 2. The SMILES string of the molecule is C=C(C)[C@@H]1CC[C@]2(C)C(=C(C=O)CC[C@H]2O)C1. The predicted octanol–water partition coefficient (Wildman–Crippen LogP) is 3.02. The zero-order valence-electron chi connectivity index (χ0n) is 10.8. The highest BCUT2D eigenvalue weighted by atomic mass is 16.3. The Labute approximate surface area is 103 Å². The second kappa shape index (κ2) is 4.41. The molecule has 2 aliphatic carbocycles. The Balaban J connectivity index is 2.38. The standard InChI is InChI=1S/C15H22O2/c1-10(2)11-6-7-15(3)13(8-11)12(9-16)4-5-14(15)17/h9,11,14,17H,1,4-8H2,2-3H3/t11-,14-,15-/m1/s1. The van der Waals surface area contributed by atoms with Crippen molar-refractivity contribution in [3.8, 4) is 0 Å². The van der Waals surface area contributed by atoms with Crippen molar-refractivity contribution in [1.82, 2.24) is 0 Å². The van der Waals surface area contributed by atoms with Gasteiger partial charge in [-0.05, 0) is 50.5 Å². The lowest BCUT2D eigenvalue weighted by Gasteiger charge is -2.47. The Morgan fingerprint density at radius 2 is 2.24 bits per heavy atom. The molecule has 1 saturated carbocycles. The van der Waals surface area contributed by atoms with Gasteiger partial charge in [-0.25, -0.2) is 0 Å². The highest BCUT2D eigenvalue weighted by Gasteiger charge is 2.44. The Morgan fingerprint density at radius 1 is 1.53 bits per heavy atom. The van der Waals surface area contributed by atoms with Crippen LogP contribution in [0.1, 0.15) is 46.0 Å². The second-order valence-electron chi connectivity index (χ2n) is 5.88. The van der Waals surface area contributed by atoms with E-state index in [4.69, 9.17) is 0 Å². The van der Waals surface area contributed by atoms with Gasteiger partial charge in [0.1, 0.15) is 6.29 Å². The predicted molar refractivity (Wildman–Crippen MR) is 68.6 cm³/mol. The maximum Gasteiger partial charge on any atom is 0.146 e. The smallest absolute Gasteiger partial charge is 0.146 e. The van der Waals surface area contributed by atoms with E-state index >= 15 is 0 Å². The van der Waals surface area contributed by atoms with Crippen molar-refractivity contribution in [2.75, 3.05) is 0 Å². The van der Waals surface area contributed by atoms with E-state index in [0.717, 1.165) is 44.0 Å². The first-order valence-corrected chi connectivity index (χ1v) is 6.50.